The van der Waals surface area contributed by atoms with Crippen LogP contribution in [0.4, 0.5) is 0 Å². The number of aromatic carboxylic acids is 1. The van der Waals surface area contributed by atoms with Crippen LogP contribution >= 0.6 is 0 Å². The van der Waals surface area contributed by atoms with Crippen molar-refractivity contribution >= 4 is 16.0 Å². The van der Waals surface area contributed by atoms with E-state index in [2.05, 4.69) is 0 Å². The van der Waals surface area contributed by atoms with Crippen molar-refractivity contribution in [2.75, 3.05) is 13.6 Å². The molecule has 0 amide bonds. The normalized spacial score (nSPS) is 11.7. The van der Waals surface area contributed by atoms with Crippen molar-refractivity contribution in [2.24, 2.45) is 0 Å². The molecule has 0 saturated heterocycles. The highest BCUT2D eigenvalue weighted by Gasteiger charge is 2.19. The summed E-state index contributed by atoms with van der Waals surface area (Å²) in [5.74, 6) is -1.07. The van der Waals surface area contributed by atoms with E-state index in [-0.39, 0.29) is 10.5 Å². The summed E-state index contributed by atoms with van der Waals surface area (Å²) in [4.78, 5) is 10.7. The van der Waals surface area contributed by atoms with E-state index in [0.29, 0.717) is 6.54 Å². The fourth-order valence-corrected chi connectivity index (χ4v) is 2.65. The Hall–Kier alpha value is -1.40. The smallest absolute Gasteiger partial charge is 0.335 e. The van der Waals surface area contributed by atoms with Crippen molar-refractivity contribution in [3.63, 3.8) is 0 Å². The number of benzene rings is 1. The number of carboxylic acid groups (broad SMARTS) is 1. The standard InChI is InChI=1S/C11H15NO4S/c1-3-8-12(2)17(15,16)10-6-4-9(5-7-10)11(13)14/h4-7H,3,8H2,1-2H3,(H,13,14). The van der Waals surface area contributed by atoms with Crippen LogP contribution in [0.3, 0.4) is 0 Å². The summed E-state index contributed by atoms with van der Waals surface area (Å²) in [5, 5.41) is 8.71. The van der Waals surface area contributed by atoms with E-state index in [1.807, 2.05) is 6.92 Å². The zero-order valence-corrected chi connectivity index (χ0v) is 10.6. The maximum atomic E-state index is 12.0. The van der Waals surface area contributed by atoms with Gasteiger partial charge in [-0.25, -0.2) is 17.5 Å². The van der Waals surface area contributed by atoms with Gasteiger partial charge in [-0.3, -0.25) is 0 Å². The maximum Gasteiger partial charge on any atom is 0.335 e. The monoisotopic (exact) mass is 257 g/mol. The molecule has 0 radical (unpaired) electrons. The highest BCUT2D eigenvalue weighted by Crippen LogP contribution is 2.15. The first-order valence-electron chi connectivity index (χ1n) is 5.19. The van der Waals surface area contributed by atoms with E-state index in [1.165, 1.54) is 35.6 Å². The number of rotatable bonds is 5. The van der Waals surface area contributed by atoms with Crippen molar-refractivity contribution in [1.29, 1.82) is 0 Å². The molecule has 17 heavy (non-hydrogen) atoms. The maximum absolute atomic E-state index is 12.0. The predicted octanol–water partition coefficient (Wildman–Crippen LogP) is 1.42. The van der Waals surface area contributed by atoms with E-state index in [4.69, 9.17) is 5.11 Å². The molecule has 1 aromatic rings. The first-order chi connectivity index (χ1) is 7.89. The average Bonchev–Trinajstić information content (AvgIpc) is 2.29. The molecule has 0 unspecified atom stereocenters. The zero-order chi connectivity index (χ0) is 13.1. The quantitative estimate of drug-likeness (QED) is 0.865. The van der Waals surface area contributed by atoms with Crippen molar-refractivity contribution in [3.8, 4) is 0 Å². The van der Waals surface area contributed by atoms with Crippen LogP contribution in [0.5, 0.6) is 0 Å². The lowest BCUT2D eigenvalue weighted by Crippen LogP contribution is -2.27. The molecule has 0 atom stereocenters. The average molecular weight is 257 g/mol. The predicted molar refractivity (Wildman–Crippen MR) is 63.5 cm³/mol. The van der Waals surface area contributed by atoms with Crippen LogP contribution in [-0.4, -0.2) is 37.4 Å². The summed E-state index contributed by atoms with van der Waals surface area (Å²) in [6.45, 7) is 2.32. The molecule has 0 bridgehead atoms. The van der Waals surface area contributed by atoms with Gasteiger partial charge in [0.15, 0.2) is 0 Å². The Morgan fingerprint density at radius 1 is 1.29 bits per heavy atom. The second kappa shape index (κ2) is 5.29. The summed E-state index contributed by atoms with van der Waals surface area (Å²) >= 11 is 0. The number of carbonyl (C=O) groups is 1. The van der Waals surface area contributed by atoms with Gasteiger partial charge < -0.3 is 5.11 Å². The summed E-state index contributed by atoms with van der Waals surface area (Å²) in [7, 11) is -2.00. The number of sulfonamides is 1. The van der Waals surface area contributed by atoms with Crippen LogP contribution in [0.2, 0.25) is 0 Å². The van der Waals surface area contributed by atoms with Gasteiger partial charge in [0.2, 0.25) is 10.0 Å². The number of nitrogens with zero attached hydrogens (tertiary/aromatic N) is 1. The van der Waals surface area contributed by atoms with Gasteiger partial charge in [-0.1, -0.05) is 6.92 Å². The molecule has 6 heteroatoms. The molecule has 0 aliphatic heterocycles. The molecule has 1 rings (SSSR count). The van der Waals surface area contributed by atoms with Crippen molar-refractivity contribution < 1.29 is 18.3 Å². The van der Waals surface area contributed by atoms with E-state index in [1.54, 1.807) is 0 Å². The Kier molecular flexibility index (Phi) is 4.25. The third-order valence-corrected chi connectivity index (χ3v) is 4.22. The molecular weight excluding hydrogens is 242 g/mol. The first kappa shape index (κ1) is 13.7. The minimum atomic E-state index is -3.50. The number of hydrogen-bond acceptors (Lipinski definition) is 3. The Morgan fingerprint density at radius 3 is 2.24 bits per heavy atom. The summed E-state index contributed by atoms with van der Waals surface area (Å²) in [6.07, 6.45) is 0.725. The number of carboxylic acids is 1. The van der Waals surface area contributed by atoms with E-state index in [9.17, 15) is 13.2 Å². The minimum absolute atomic E-state index is 0.0714. The Labute approximate surface area is 101 Å². The Bertz CT molecular complexity index is 493. The molecule has 0 aliphatic rings. The third-order valence-electron chi connectivity index (χ3n) is 2.35. The van der Waals surface area contributed by atoms with Gasteiger partial charge >= 0.3 is 5.97 Å². The molecular formula is C11H15NO4S. The van der Waals surface area contributed by atoms with Crippen LogP contribution in [0, 0.1) is 0 Å². The highest BCUT2D eigenvalue weighted by molar-refractivity contribution is 7.89. The molecule has 5 nitrogen and oxygen atoms in total. The minimum Gasteiger partial charge on any atom is -0.478 e. The lowest BCUT2D eigenvalue weighted by atomic mass is 10.2. The van der Waals surface area contributed by atoms with Crippen molar-refractivity contribution in [2.45, 2.75) is 18.2 Å². The van der Waals surface area contributed by atoms with E-state index < -0.39 is 16.0 Å². The Balaban J connectivity index is 3.04. The number of hydrogen-bond donors (Lipinski definition) is 1. The second-order valence-electron chi connectivity index (χ2n) is 3.66. The molecule has 0 spiro atoms. The lowest BCUT2D eigenvalue weighted by molar-refractivity contribution is 0.0696. The van der Waals surface area contributed by atoms with Gasteiger partial charge in [-0.15, -0.1) is 0 Å². The second-order valence-corrected chi connectivity index (χ2v) is 5.70. The van der Waals surface area contributed by atoms with Crippen LogP contribution in [0.1, 0.15) is 23.7 Å². The molecule has 0 saturated carbocycles. The molecule has 94 valence electrons. The van der Waals surface area contributed by atoms with Gasteiger partial charge in [-0.2, -0.15) is 0 Å². The summed E-state index contributed by atoms with van der Waals surface area (Å²) < 4.78 is 25.2. The largest absolute Gasteiger partial charge is 0.478 e. The van der Waals surface area contributed by atoms with Crippen molar-refractivity contribution in [1.82, 2.24) is 4.31 Å². The van der Waals surface area contributed by atoms with Crippen LogP contribution in [0.25, 0.3) is 0 Å². The van der Waals surface area contributed by atoms with Crippen LogP contribution in [-0.2, 0) is 10.0 Å². The SMILES string of the molecule is CCCN(C)S(=O)(=O)c1ccc(C(=O)O)cc1. The molecule has 0 heterocycles. The van der Waals surface area contributed by atoms with Gasteiger partial charge in [0, 0.05) is 13.6 Å². The van der Waals surface area contributed by atoms with Gasteiger partial charge in [0.25, 0.3) is 0 Å². The fourth-order valence-electron chi connectivity index (χ4n) is 1.38. The van der Waals surface area contributed by atoms with Crippen LogP contribution in [0.15, 0.2) is 29.2 Å². The van der Waals surface area contributed by atoms with Gasteiger partial charge in [0.05, 0.1) is 10.5 Å². The zero-order valence-electron chi connectivity index (χ0n) is 9.75. The molecule has 0 aliphatic carbocycles. The fraction of sp³-hybridized carbons (Fsp3) is 0.364. The van der Waals surface area contributed by atoms with E-state index >= 15 is 0 Å². The van der Waals surface area contributed by atoms with Gasteiger partial charge in [-0.05, 0) is 30.7 Å². The summed E-state index contributed by atoms with van der Waals surface area (Å²) in [6, 6.07) is 5.19. The van der Waals surface area contributed by atoms with Crippen LogP contribution < -0.4 is 0 Å². The molecule has 1 N–H and O–H groups in total. The van der Waals surface area contributed by atoms with E-state index in [0.717, 1.165) is 6.42 Å². The summed E-state index contributed by atoms with van der Waals surface area (Å²) in [5.41, 5.74) is 0.0714. The molecule has 0 fully saturated rings. The first-order valence-corrected chi connectivity index (χ1v) is 6.63. The van der Waals surface area contributed by atoms with Gasteiger partial charge in [0.1, 0.15) is 0 Å². The lowest BCUT2D eigenvalue weighted by Gasteiger charge is -2.16. The van der Waals surface area contributed by atoms with Crippen molar-refractivity contribution in [3.05, 3.63) is 29.8 Å². The molecule has 1 aromatic carbocycles. The molecule has 0 aromatic heterocycles. The highest BCUT2D eigenvalue weighted by atomic mass is 32.2. The Morgan fingerprint density at radius 2 is 1.82 bits per heavy atom. The third kappa shape index (κ3) is 3.04. The topological polar surface area (TPSA) is 74.7 Å².